The number of carbonyl (C=O) groups excluding carboxylic acids is 1. The van der Waals surface area contributed by atoms with Gasteiger partial charge in [-0.1, -0.05) is 49.0 Å². The average molecular weight is 297 g/mol. The van der Waals surface area contributed by atoms with Crippen molar-refractivity contribution in [1.82, 2.24) is 10.9 Å². The molecule has 0 spiro atoms. The van der Waals surface area contributed by atoms with Crippen molar-refractivity contribution in [3.63, 3.8) is 0 Å². The third kappa shape index (κ3) is 4.21. The Labute approximate surface area is 128 Å². The van der Waals surface area contributed by atoms with Crippen molar-refractivity contribution in [2.75, 3.05) is 0 Å². The third-order valence-electron chi connectivity index (χ3n) is 2.93. The highest BCUT2D eigenvalue weighted by molar-refractivity contribution is 5.90. The van der Waals surface area contributed by atoms with Crippen molar-refractivity contribution in [2.45, 2.75) is 0 Å². The summed E-state index contributed by atoms with van der Waals surface area (Å²) in [7, 11) is 0. The lowest BCUT2D eigenvalue weighted by atomic mass is 10.0. The molecule has 4 nitrogen and oxygen atoms in total. The normalized spacial score (nSPS) is 10.9. The second-order valence-corrected chi connectivity index (χ2v) is 4.57. The molecule has 2 amide bonds. The summed E-state index contributed by atoms with van der Waals surface area (Å²) in [5.74, 6) is -0.300. The van der Waals surface area contributed by atoms with E-state index in [0.717, 1.165) is 16.7 Å². The number of amides is 2. The van der Waals surface area contributed by atoms with Gasteiger partial charge in [0.05, 0.1) is 5.70 Å². The van der Waals surface area contributed by atoms with Crippen LogP contribution in [0.15, 0.2) is 66.9 Å². The van der Waals surface area contributed by atoms with Gasteiger partial charge in [0.15, 0.2) is 0 Å². The number of nitrogens with two attached hydrogens (primary N) is 1. The van der Waals surface area contributed by atoms with Crippen LogP contribution in [-0.4, -0.2) is 6.03 Å². The topological polar surface area (TPSA) is 67.2 Å². The summed E-state index contributed by atoms with van der Waals surface area (Å²) in [6.45, 7) is 3.89. The van der Waals surface area contributed by atoms with Gasteiger partial charge in [-0.3, -0.25) is 10.9 Å². The summed E-state index contributed by atoms with van der Waals surface area (Å²) in [5, 5.41) is 0. The van der Waals surface area contributed by atoms with Crippen LogP contribution >= 0.6 is 0 Å². The first-order chi connectivity index (χ1) is 10.6. The highest BCUT2D eigenvalue weighted by atomic mass is 19.1. The number of nitrogens with one attached hydrogen (secondary N) is 2. The Morgan fingerprint density at radius 2 is 1.68 bits per heavy atom. The molecule has 0 unspecified atom stereocenters. The van der Waals surface area contributed by atoms with Crippen molar-refractivity contribution in [2.24, 2.45) is 5.73 Å². The Hall–Kier alpha value is -3.08. The largest absolute Gasteiger partial charge is 0.350 e. The van der Waals surface area contributed by atoms with E-state index >= 15 is 0 Å². The molecule has 0 aliphatic heterocycles. The van der Waals surface area contributed by atoms with E-state index in [2.05, 4.69) is 17.4 Å². The number of hydrogen-bond donors (Lipinski definition) is 3. The second kappa shape index (κ2) is 7.08. The molecule has 4 N–H and O–H groups in total. The van der Waals surface area contributed by atoms with Crippen LogP contribution in [-0.2, 0) is 0 Å². The number of benzene rings is 2. The maximum absolute atomic E-state index is 13.0. The number of primary amides is 1. The van der Waals surface area contributed by atoms with Crippen LogP contribution in [0.3, 0.4) is 0 Å². The van der Waals surface area contributed by atoms with Crippen LogP contribution in [0.4, 0.5) is 9.18 Å². The van der Waals surface area contributed by atoms with Gasteiger partial charge < -0.3 is 5.73 Å². The molecule has 0 aliphatic carbocycles. The standard InChI is InChI=1S/C17H16FN3O/c1-12(20-21-17(19)22)16(14-5-3-2-4-6-14)11-13-7-9-15(18)10-8-13/h2-11,20H,1H2,(H3,19,21,22). The molecule has 0 atom stereocenters. The van der Waals surface area contributed by atoms with Crippen LogP contribution in [0.2, 0.25) is 0 Å². The fraction of sp³-hybridized carbons (Fsp3) is 0. The summed E-state index contributed by atoms with van der Waals surface area (Å²) in [4.78, 5) is 10.8. The Balaban J connectivity index is 2.35. The minimum atomic E-state index is -0.713. The molecule has 0 radical (unpaired) electrons. The second-order valence-electron chi connectivity index (χ2n) is 4.57. The quantitative estimate of drug-likeness (QED) is 0.451. The summed E-state index contributed by atoms with van der Waals surface area (Å²) < 4.78 is 13.0. The molecule has 0 fully saturated rings. The number of allylic oxidation sites excluding steroid dienone is 1. The Morgan fingerprint density at radius 1 is 1.05 bits per heavy atom. The van der Waals surface area contributed by atoms with E-state index in [1.54, 1.807) is 12.1 Å². The van der Waals surface area contributed by atoms with Crippen molar-refractivity contribution in [3.8, 4) is 0 Å². The average Bonchev–Trinajstić information content (AvgIpc) is 2.53. The maximum atomic E-state index is 13.0. The molecule has 112 valence electrons. The van der Waals surface area contributed by atoms with Crippen LogP contribution < -0.4 is 16.6 Å². The zero-order chi connectivity index (χ0) is 15.9. The van der Waals surface area contributed by atoms with E-state index < -0.39 is 6.03 Å². The summed E-state index contributed by atoms with van der Waals surface area (Å²) in [5.41, 5.74) is 12.9. The lowest BCUT2D eigenvalue weighted by Gasteiger charge is -2.14. The van der Waals surface area contributed by atoms with Gasteiger partial charge in [0.2, 0.25) is 0 Å². The summed E-state index contributed by atoms with van der Waals surface area (Å²) >= 11 is 0. The fourth-order valence-electron chi connectivity index (χ4n) is 1.89. The molecular weight excluding hydrogens is 281 g/mol. The molecule has 0 bridgehead atoms. The first-order valence-corrected chi connectivity index (χ1v) is 6.59. The van der Waals surface area contributed by atoms with E-state index in [-0.39, 0.29) is 5.82 Å². The van der Waals surface area contributed by atoms with E-state index in [1.165, 1.54) is 12.1 Å². The maximum Gasteiger partial charge on any atom is 0.330 e. The van der Waals surface area contributed by atoms with Gasteiger partial charge in [-0.25, -0.2) is 9.18 Å². The van der Waals surface area contributed by atoms with Crippen LogP contribution in [0, 0.1) is 5.82 Å². The Morgan fingerprint density at radius 3 is 2.27 bits per heavy atom. The third-order valence-corrected chi connectivity index (χ3v) is 2.93. The molecule has 0 saturated heterocycles. The van der Waals surface area contributed by atoms with Crippen molar-refractivity contribution in [1.29, 1.82) is 0 Å². The van der Waals surface area contributed by atoms with E-state index in [9.17, 15) is 9.18 Å². The molecule has 0 heterocycles. The molecule has 0 aliphatic rings. The zero-order valence-electron chi connectivity index (χ0n) is 11.8. The molecular formula is C17H16FN3O. The Bertz CT molecular complexity index is 694. The van der Waals surface area contributed by atoms with Gasteiger partial charge in [-0.2, -0.15) is 0 Å². The number of urea groups is 1. The van der Waals surface area contributed by atoms with Gasteiger partial charge in [-0.15, -0.1) is 0 Å². The molecule has 2 aromatic rings. The first-order valence-electron chi connectivity index (χ1n) is 6.59. The predicted octanol–water partition coefficient (Wildman–Crippen LogP) is 3.05. The van der Waals surface area contributed by atoms with E-state index in [4.69, 9.17) is 5.73 Å². The monoisotopic (exact) mass is 297 g/mol. The summed E-state index contributed by atoms with van der Waals surface area (Å²) in [6.07, 6.45) is 1.84. The first kappa shape index (κ1) is 15.3. The summed E-state index contributed by atoms with van der Waals surface area (Å²) in [6, 6.07) is 14.9. The number of halogens is 1. The van der Waals surface area contributed by atoms with E-state index in [0.29, 0.717) is 5.70 Å². The van der Waals surface area contributed by atoms with Gasteiger partial charge in [0.25, 0.3) is 0 Å². The van der Waals surface area contributed by atoms with Crippen LogP contribution in [0.1, 0.15) is 11.1 Å². The SMILES string of the molecule is C=C(NNC(N)=O)C(=Cc1ccc(F)cc1)c1ccccc1. The smallest absolute Gasteiger partial charge is 0.330 e. The van der Waals surface area contributed by atoms with Crippen LogP contribution in [0.5, 0.6) is 0 Å². The molecule has 5 heteroatoms. The van der Waals surface area contributed by atoms with Gasteiger partial charge >= 0.3 is 6.03 Å². The molecule has 2 aromatic carbocycles. The fourth-order valence-corrected chi connectivity index (χ4v) is 1.89. The number of hydrogen-bond acceptors (Lipinski definition) is 2. The zero-order valence-corrected chi connectivity index (χ0v) is 11.8. The van der Waals surface area contributed by atoms with Gasteiger partial charge in [-0.05, 0) is 29.3 Å². The van der Waals surface area contributed by atoms with Crippen LogP contribution in [0.25, 0.3) is 11.6 Å². The van der Waals surface area contributed by atoms with Crippen molar-refractivity contribution >= 4 is 17.7 Å². The van der Waals surface area contributed by atoms with Gasteiger partial charge in [0, 0.05) is 5.57 Å². The molecule has 0 saturated carbocycles. The minimum Gasteiger partial charge on any atom is -0.350 e. The van der Waals surface area contributed by atoms with E-state index in [1.807, 2.05) is 36.4 Å². The molecule has 0 aromatic heterocycles. The lowest BCUT2D eigenvalue weighted by molar-refractivity contribution is 0.246. The predicted molar refractivity (Wildman–Crippen MR) is 85.7 cm³/mol. The minimum absolute atomic E-state index is 0.300. The molecule has 2 rings (SSSR count). The van der Waals surface area contributed by atoms with Gasteiger partial charge in [0.1, 0.15) is 5.82 Å². The number of hydrazine groups is 1. The highest BCUT2D eigenvalue weighted by Crippen LogP contribution is 2.23. The lowest BCUT2D eigenvalue weighted by Crippen LogP contribution is -2.40. The Kier molecular flexibility index (Phi) is 4.93. The van der Waals surface area contributed by atoms with Crippen molar-refractivity contribution in [3.05, 3.63) is 83.8 Å². The number of carbonyl (C=O) groups is 1. The number of rotatable bonds is 5. The molecule has 22 heavy (non-hydrogen) atoms. The van der Waals surface area contributed by atoms with Crippen molar-refractivity contribution < 1.29 is 9.18 Å². The highest BCUT2D eigenvalue weighted by Gasteiger charge is 2.07.